The van der Waals surface area contributed by atoms with Gasteiger partial charge >= 0.3 is 5.97 Å². The fourth-order valence-corrected chi connectivity index (χ4v) is 3.45. The summed E-state index contributed by atoms with van der Waals surface area (Å²) in [5.41, 5.74) is 5.90. The smallest absolute Gasteiger partial charge is 0.308 e. The second-order valence-electron chi connectivity index (χ2n) is 3.61. The Labute approximate surface area is 115 Å². The first kappa shape index (κ1) is 13.6. The number of carbonyl (C=O) groups is 1. The van der Waals surface area contributed by atoms with Crippen molar-refractivity contribution in [2.24, 2.45) is 0 Å². The van der Waals surface area contributed by atoms with Crippen molar-refractivity contribution in [1.29, 1.82) is 0 Å². The number of nitrogen functional groups attached to an aromatic ring is 1. The van der Waals surface area contributed by atoms with E-state index in [0.717, 1.165) is 11.8 Å². The molecular formula is C10H10N4O3S2. The van der Waals surface area contributed by atoms with Gasteiger partial charge in [0.05, 0.1) is 18.4 Å². The number of aliphatic carboxylic acids is 1. The van der Waals surface area contributed by atoms with Crippen LogP contribution < -0.4 is 11.3 Å². The number of nitrogens with one attached hydrogen (secondary N) is 1. The second kappa shape index (κ2) is 5.41. The molecule has 0 aliphatic carbocycles. The van der Waals surface area contributed by atoms with Crippen molar-refractivity contribution in [3.63, 3.8) is 0 Å². The predicted molar refractivity (Wildman–Crippen MR) is 71.6 cm³/mol. The minimum Gasteiger partial charge on any atom is -0.481 e. The Hall–Kier alpha value is -1.87. The molecule has 0 fully saturated rings. The first-order chi connectivity index (χ1) is 8.97. The van der Waals surface area contributed by atoms with Crippen LogP contribution in [-0.2, 0) is 11.2 Å². The van der Waals surface area contributed by atoms with Crippen LogP contribution in [0.25, 0.3) is 0 Å². The lowest BCUT2D eigenvalue weighted by molar-refractivity contribution is -0.136. The number of anilines is 1. The zero-order valence-corrected chi connectivity index (χ0v) is 11.5. The van der Waals surface area contributed by atoms with Crippen molar-refractivity contribution in [2.45, 2.75) is 22.7 Å². The molecule has 2 rings (SSSR count). The highest BCUT2D eigenvalue weighted by Crippen LogP contribution is 2.33. The highest BCUT2D eigenvalue weighted by Gasteiger charge is 2.14. The van der Waals surface area contributed by atoms with E-state index in [1.54, 1.807) is 6.92 Å². The molecule has 0 radical (unpaired) electrons. The number of hydrogen-bond acceptors (Lipinski definition) is 7. The summed E-state index contributed by atoms with van der Waals surface area (Å²) in [4.78, 5) is 33.3. The normalized spacial score (nSPS) is 10.6. The quantitative estimate of drug-likeness (QED) is 0.716. The molecule has 19 heavy (non-hydrogen) atoms. The average molecular weight is 298 g/mol. The number of rotatable bonds is 4. The van der Waals surface area contributed by atoms with Crippen molar-refractivity contribution in [2.75, 3.05) is 5.73 Å². The van der Waals surface area contributed by atoms with Gasteiger partial charge in [-0.3, -0.25) is 9.59 Å². The van der Waals surface area contributed by atoms with Gasteiger partial charge in [-0.1, -0.05) is 0 Å². The van der Waals surface area contributed by atoms with Gasteiger partial charge in [0.15, 0.2) is 4.34 Å². The zero-order chi connectivity index (χ0) is 14.0. The minimum atomic E-state index is -0.905. The van der Waals surface area contributed by atoms with Gasteiger partial charge in [0.25, 0.3) is 5.56 Å². The number of aromatic amines is 1. The first-order valence-corrected chi connectivity index (χ1v) is 6.79. The number of carboxylic acid groups (broad SMARTS) is 1. The Balaban J connectivity index is 2.27. The van der Waals surface area contributed by atoms with E-state index in [0.29, 0.717) is 19.9 Å². The van der Waals surface area contributed by atoms with Crippen molar-refractivity contribution >= 4 is 34.8 Å². The molecule has 9 heteroatoms. The number of aryl methyl sites for hydroxylation is 1. The Morgan fingerprint density at radius 3 is 3.05 bits per heavy atom. The summed E-state index contributed by atoms with van der Waals surface area (Å²) >= 11 is 2.41. The van der Waals surface area contributed by atoms with Crippen LogP contribution in [0.5, 0.6) is 0 Å². The van der Waals surface area contributed by atoms with Crippen LogP contribution in [0.2, 0.25) is 0 Å². The number of H-pyrrole nitrogens is 1. The van der Waals surface area contributed by atoms with Gasteiger partial charge in [-0.05, 0) is 18.7 Å². The van der Waals surface area contributed by atoms with Crippen LogP contribution in [-0.4, -0.2) is 26.0 Å². The predicted octanol–water partition coefficient (Wildman–Crippen LogP) is 0.895. The fraction of sp³-hybridized carbons (Fsp3) is 0.200. The lowest BCUT2D eigenvalue weighted by Gasteiger charge is -1.98. The Morgan fingerprint density at radius 2 is 2.37 bits per heavy atom. The third kappa shape index (κ3) is 3.12. The standard InChI is InChI=1S/C10H10N4O3S2/c1-4-5(2-6(15)16)18-10(14-4)19-9-7(11)8(17)12-3-13-9/h3H,2,11H2,1H3,(H,15,16)(H,12,13,17). The maximum absolute atomic E-state index is 11.3. The maximum atomic E-state index is 11.3. The Kier molecular flexibility index (Phi) is 3.86. The summed E-state index contributed by atoms with van der Waals surface area (Å²) in [5.74, 6) is -0.905. The van der Waals surface area contributed by atoms with E-state index in [1.165, 1.54) is 17.7 Å². The molecule has 0 saturated carbocycles. The van der Waals surface area contributed by atoms with Crippen LogP contribution in [0.15, 0.2) is 20.5 Å². The molecule has 0 bridgehead atoms. The number of aromatic nitrogens is 3. The van der Waals surface area contributed by atoms with Crippen molar-refractivity contribution < 1.29 is 9.90 Å². The molecule has 7 nitrogen and oxygen atoms in total. The molecule has 0 saturated heterocycles. The lowest BCUT2D eigenvalue weighted by atomic mass is 10.3. The molecule has 0 atom stereocenters. The summed E-state index contributed by atoms with van der Waals surface area (Å²) in [5, 5.41) is 9.13. The summed E-state index contributed by atoms with van der Waals surface area (Å²) in [6.45, 7) is 1.74. The van der Waals surface area contributed by atoms with Gasteiger partial charge in [0.1, 0.15) is 10.7 Å². The average Bonchev–Trinajstić information content (AvgIpc) is 2.65. The molecule has 4 N–H and O–H groups in total. The van der Waals surface area contributed by atoms with E-state index in [-0.39, 0.29) is 12.1 Å². The third-order valence-corrected chi connectivity index (χ3v) is 4.46. The van der Waals surface area contributed by atoms with Gasteiger partial charge in [0, 0.05) is 4.88 Å². The van der Waals surface area contributed by atoms with E-state index in [9.17, 15) is 9.59 Å². The van der Waals surface area contributed by atoms with E-state index in [4.69, 9.17) is 10.8 Å². The first-order valence-electron chi connectivity index (χ1n) is 5.16. The van der Waals surface area contributed by atoms with Crippen LogP contribution in [0.1, 0.15) is 10.6 Å². The molecule has 2 heterocycles. The lowest BCUT2D eigenvalue weighted by Crippen LogP contribution is -2.13. The molecule has 0 amide bonds. The SMILES string of the molecule is Cc1nc(Sc2nc[nH]c(=O)c2N)sc1CC(=O)O. The second-order valence-corrected chi connectivity index (χ2v) is 5.93. The van der Waals surface area contributed by atoms with Crippen molar-refractivity contribution in [3.8, 4) is 0 Å². The topological polar surface area (TPSA) is 122 Å². The molecule has 0 spiro atoms. The Morgan fingerprint density at radius 1 is 1.63 bits per heavy atom. The summed E-state index contributed by atoms with van der Waals surface area (Å²) in [6, 6.07) is 0. The monoisotopic (exact) mass is 298 g/mol. The van der Waals surface area contributed by atoms with Crippen molar-refractivity contribution in [3.05, 3.63) is 27.3 Å². The van der Waals surface area contributed by atoms with Crippen LogP contribution in [0.3, 0.4) is 0 Å². The number of nitrogens with zero attached hydrogens (tertiary/aromatic N) is 2. The summed E-state index contributed by atoms with van der Waals surface area (Å²) < 4.78 is 0.610. The van der Waals surface area contributed by atoms with Gasteiger partial charge in [0.2, 0.25) is 0 Å². The van der Waals surface area contributed by atoms with Crippen LogP contribution in [0.4, 0.5) is 5.69 Å². The number of carboxylic acids is 1. The molecule has 0 aliphatic rings. The van der Waals surface area contributed by atoms with E-state index < -0.39 is 11.5 Å². The van der Waals surface area contributed by atoms with Crippen molar-refractivity contribution in [1.82, 2.24) is 15.0 Å². The molecule has 2 aromatic rings. The number of thiazole rings is 1. The summed E-state index contributed by atoms with van der Waals surface area (Å²) in [7, 11) is 0. The van der Waals surface area contributed by atoms with Crippen LogP contribution in [0, 0.1) is 6.92 Å². The molecule has 0 unspecified atom stereocenters. The Bertz CT molecular complexity index is 680. The highest BCUT2D eigenvalue weighted by atomic mass is 32.2. The number of nitrogens with two attached hydrogens (primary N) is 1. The highest BCUT2D eigenvalue weighted by molar-refractivity contribution is 8.01. The molecular weight excluding hydrogens is 288 g/mol. The largest absolute Gasteiger partial charge is 0.481 e. The zero-order valence-electron chi connectivity index (χ0n) is 9.84. The minimum absolute atomic E-state index is 0.0279. The third-order valence-electron chi connectivity index (χ3n) is 2.22. The van der Waals surface area contributed by atoms with E-state index >= 15 is 0 Å². The molecule has 100 valence electrons. The van der Waals surface area contributed by atoms with Gasteiger partial charge in [-0.2, -0.15) is 0 Å². The summed E-state index contributed by atoms with van der Waals surface area (Å²) in [6.07, 6.45) is 1.20. The van der Waals surface area contributed by atoms with Crippen LogP contribution >= 0.6 is 23.1 Å². The number of hydrogen-bond donors (Lipinski definition) is 3. The maximum Gasteiger partial charge on any atom is 0.308 e. The molecule has 2 aromatic heterocycles. The fourth-order valence-electron chi connectivity index (χ4n) is 1.30. The molecule has 0 aliphatic heterocycles. The van der Waals surface area contributed by atoms with Gasteiger partial charge in [-0.15, -0.1) is 11.3 Å². The van der Waals surface area contributed by atoms with Gasteiger partial charge in [-0.25, -0.2) is 9.97 Å². The van der Waals surface area contributed by atoms with E-state index in [1.807, 2.05) is 0 Å². The van der Waals surface area contributed by atoms with E-state index in [2.05, 4.69) is 15.0 Å². The molecule has 0 aromatic carbocycles. The van der Waals surface area contributed by atoms with Gasteiger partial charge < -0.3 is 15.8 Å².